The Kier molecular flexibility index (Phi) is 3.51. The van der Waals surface area contributed by atoms with E-state index in [0.717, 1.165) is 23.8 Å². The van der Waals surface area contributed by atoms with E-state index in [-0.39, 0.29) is 0 Å². The lowest BCUT2D eigenvalue weighted by molar-refractivity contribution is 0.112. The molecular weight excluding hydrogens is 208 g/mol. The Bertz CT molecular complexity index is 457. The molecule has 0 radical (unpaired) electrons. The van der Waals surface area contributed by atoms with Crippen LogP contribution in [0.5, 0.6) is 0 Å². The predicted molar refractivity (Wildman–Crippen MR) is 71.2 cm³/mol. The van der Waals surface area contributed by atoms with Gasteiger partial charge in [0, 0.05) is 5.56 Å². The predicted octanol–water partition coefficient (Wildman–Crippen LogP) is 3.73. The van der Waals surface area contributed by atoms with Crippen molar-refractivity contribution < 1.29 is 4.79 Å². The highest BCUT2D eigenvalue weighted by molar-refractivity contribution is 5.74. The second-order valence-electron chi connectivity index (χ2n) is 3.98. The summed E-state index contributed by atoms with van der Waals surface area (Å²) >= 11 is 0. The van der Waals surface area contributed by atoms with Crippen molar-refractivity contribution in [3.05, 3.63) is 77.4 Å². The molecule has 0 aromatic heterocycles. The molecule has 2 aromatic rings. The lowest BCUT2D eigenvalue weighted by Gasteiger charge is -2.03. The van der Waals surface area contributed by atoms with Crippen molar-refractivity contribution in [2.75, 3.05) is 0 Å². The van der Waals surface area contributed by atoms with Crippen LogP contribution in [-0.4, -0.2) is 6.29 Å². The molecule has 0 atom stereocenters. The van der Waals surface area contributed by atoms with Crippen molar-refractivity contribution in [2.45, 2.75) is 6.42 Å². The first kappa shape index (κ1) is 11.3. The minimum Gasteiger partial charge on any atom is -0.298 e. The molecule has 0 aliphatic heterocycles. The van der Waals surface area contributed by atoms with Crippen LogP contribution < -0.4 is 0 Å². The number of aldehydes is 1. The van der Waals surface area contributed by atoms with Crippen LogP contribution in [0.15, 0.2) is 55.1 Å². The second-order valence-corrected chi connectivity index (χ2v) is 3.98. The topological polar surface area (TPSA) is 17.1 Å². The standard InChI is InChI=1S/C16H14O/c1-2-13-3-5-14(6-4-13)11-15-7-9-16(12-17)10-8-15/h2-10,12H,1,11H2. The molecule has 0 bridgehead atoms. The molecule has 0 amide bonds. The third kappa shape index (κ3) is 2.91. The number of carbonyl (C=O) groups is 1. The van der Waals surface area contributed by atoms with E-state index in [1.807, 2.05) is 30.3 Å². The van der Waals surface area contributed by atoms with Gasteiger partial charge in [0.15, 0.2) is 0 Å². The molecule has 0 aliphatic rings. The van der Waals surface area contributed by atoms with E-state index in [1.165, 1.54) is 11.1 Å². The highest BCUT2D eigenvalue weighted by Crippen LogP contribution is 2.12. The minimum atomic E-state index is 0.718. The zero-order valence-electron chi connectivity index (χ0n) is 9.60. The Morgan fingerprint density at radius 3 is 1.71 bits per heavy atom. The summed E-state index contributed by atoms with van der Waals surface area (Å²) < 4.78 is 0. The molecule has 0 saturated carbocycles. The zero-order chi connectivity index (χ0) is 12.1. The maximum Gasteiger partial charge on any atom is 0.150 e. The van der Waals surface area contributed by atoms with Crippen LogP contribution in [0.1, 0.15) is 27.0 Å². The van der Waals surface area contributed by atoms with Gasteiger partial charge in [0.05, 0.1) is 0 Å². The van der Waals surface area contributed by atoms with E-state index in [9.17, 15) is 4.79 Å². The van der Waals surface area contributed by atoms with Gasteiger partial charge in [0.2, 0.25) is 0 Å². The molecule has 0 aliphatic carbocycles. The van der Waals surface area contributed by atoms with Crippen LogP contribution in [-0.2, 0) is 6.42 Å². The molecular formula is C16H14O. The monoisotopic (exact) mass is 222 g/mol. The Morgan fingerprint density at radius 2 is 1.29 bits per heavy atom. The molecule has 0 N–H and O–H groups in total. The van der Waals surface area contributed by atoms with Crippen molar-refractivity contribution in [3.63, 3.8) is 0 Å². The molecule has 0 saturated heterocycles. The van der Waals surface area contributed by atoms with Crippen LogP contribution in [0, 0.1) is 0 Å². The highest BCUT2D eigenvalue weighted by atomic mass is 16.1. The van der Waals surface area contributed by atoms with E-state index in [1.54, 1.807) is 0 Å². The van der Waals surface area contributed by atoms with Crippen LogP contribution in [0.4, 0.5) is 0 Å². The Labute approximate surface area is 101 Å². The second kappa shape index (κ2) is 5.26. The van der Waals surface area contributed by atoms with Crippen molar-refractivity contribution in [3.8, 4) is 0 Å². The van der Waals surface area contributed by atoms with E-state index in [2.05, 4.69) is 30.8 Å². The molecule has 0 fully saturated rings. The summed E-state index contributed by atoms with van der Waals surface area (Å²) in [4.78, 5) is 10.5. The van der Waals surface area contributed by atoms with Crippen LogP contribution in [0.2, 0.25) is 0 Å². The summed E-state index contributed by atoms with van der Waals surface area (Å²) in [7, 11) is 0. The first-order valence-corrected chi connectivity index (χ1v) is 5.57. The first-order chi connectivity index (χ1) is 8.31. The Balaban J connectivity index is 2.13. The van der Waals surface area contributed by atoms with Gasteiger partial charge in [-0.25, -0.2) is 0 Å². The van der Waals surface area contributed by atoms with Gasteiger partial charge in [-0.15, -0.1) is 0 Å². The molecule has 0 heterocycles. The van der Waals surface area contributed by atoms with Crippen LogP contribution in [0.25, 0.3) is 6.08 Å². The lowest BCUT2D eigenvalue weighted by Crippen LogP contribution is -1.89. The average molecular weight is 222 g/mol. The maximum atomic E-state index is 10.5. The summed E-state index contributed by atoms with van der Waals surface area (Å²) in [6, 6.07) is 16.0. The average Bonchev–Trinajstić information content (AvgIpc) is 2.40. The normalized spacial score (nSPS) is 9.88. The van der Waals surface area contributed by atoms with E-state index >= 15 is 0 Å². The third-order valence-electron chi connectivity index (χ3n) is 2.74. The van der Waals surface area contributed by atoms with Gasteiger partial charge in [-0.2, -0.15) is 0 Å². The minimum absolute atomic E-state index is 0.718. The molecule has 1 nitrogen and oxygen atoms in total. The largest absolute Gasteiger partial charge is 0.298 e. The molecule has 2 aromatic carbocycles. The molecule has 2 rings (SSSR count). The van der Waals surface area contributed by atoms with Crippen molar-refractivity contribution in [1.82, 2.24) is 0 Å². The fraction of sp³-hybridized carbons (Fsp3) is 0.0625. The summed E-state index contributed by atoms with van der Waals surface area (Å²) in [5.41, 5.74) is 4.32. The van der Waals surface area contributed by atoms with E-state index in [0.29, 0.717) is 0 Å². The van der Waals surface area contributed by atoms with Gasteiger partial charge in [0.1, 0.15) is 6.29 Å². The van der Waals surface area contributed by atoms with Gasteiger partial charge in [-0.3, -0.25) is 4.79 Å². The molecule has 84 valence electrons. The fourth-order valence-corrected chi connectivity index (χ4v) is 1.72. The summed E-state index contributed by atoms with van der Waals surface area (Å²) in [5.74, 6) is 0. The summed E-state index contributed by atoms with van der Waals surface area (Å²) in [5, 5.41) is 0. The van der Waals surface area contributed by atoms with Gasteiger partial charge in [-0.1, -0.05) is 61.2 Å². The number of hydrogen-bond donors (Lipinski definition) is 0. The van der Waals surface area contributed by atoms with Crippen LogP contribution in [0.3, 0.4) is 0 Å². The SMILES string of the molecule is C=Cc1ccc(Cc2ccc(C=O)cc2)cc1. The maximum absolute atomic E-state index is 10.5. The smallest absolute Gasteiger partial charge is 0.150 e. The van der Waals surface area contributed by atoms with Crippen LogP contribution >= 0.6 is 0 Å². The molecule has 1 heteroatoms. The first-order valence-electron chi connectivity index (χ1n) is 5.57. The van der Waals surface area contributed by atoms with E-state index < -0.39 is 0 Å². The number of hydrogen-bond acceptors (Lipinski definition) is 1. The van der Waals surface area contributed by atoms with Gasteiger partial charge in [-0.05, 0) is 23.1 Å². The van der Waals surface area contributed by atoms with Crippen molar-refractivity contribution >= 4 is 12.4 Å². The Hall–Kier alpha value is -2.15. The summed E-state index contributed by atoms with van der Waals surface area (Å²) in [6.45, 7) is 3.73. The van der Waals surface area contributed by atoms with Gasteiger partial charge < -0.3 is 0 Å². The zero-order valence-corrected chi connectivity index (χ0v) is 9.60. The molecule has 17 heavy (non-hydrogen) atoms. The number of rotatable bonds is 4. The van der Waals surface area contributed by atoms with Gasteiger partial charge >= 0.3 is 0 Å². The summed E-state index contributed by atoms with van der Waals surface area (Å²) in [6.07, 6.45) is 3.59. The number of carbonyl (C=O) groups excluding carboxylic acids is 1. The lowest BCUT2D eigenvalue weighted by atomic mass is 10.0. The highest BCUT2D eigenvalue weighted by Gasteiger charge is 1.97. The number of benzene rings is 2. The van der Waals surface area contributed by atoms with Gasteiger partial charge in [0.25, 0.3) is 0 Å². The van der Waals surface area contributed by atoms with E-state index in [4.69, 9.17) is 0 Å². The van der Waals surface area contributed by atoms with Crippen molar-refractivity contribution in [2.24, 2.45) is 0 Å². The third-order valence-corrected chi connectivity index (χ3v) is 2.74. The fourth-order valence-electron chi connectivity index (χ4n) is 1.72. The molecule has 0 spiro atoms. The Morgan fingerprint density at radius 1 is 0.824 bits per heavy atom. The molecule has 0 unspecified atom stereocenters. The van der Waals surface area contributed by atoms with Crippen molar-refractivity contribution in [1.29, 1.82) is 0 Å². The quantitative estimate of drug-likeness (QED) is 0.720.